The molecule has 2 N–H and O–H groups in total. The highest BCUT2D eigenvalue weighted by Crippen LogP contribution is 2.31. The molecule has 0 aliphatic heterocycles. The first-order valence-corrected chi connectivity index (χ1v) is 7.51. The molecule has 3 aromatic rings. The number of aliphatic hydroxyl groups is 1. The van der Waals surface area contributed by atoms with Gasteiger partial charge in [0.25, 0.3) is 0 Å². The Bertz CT molecular complexity index is 743. The van der Waals surface area contributed by atoms with Crippen LogP contribution in [0.1, 0.15) is 23.1 Å². The minimum Gasteiger partial charge on any atom is -0.388 e. The molecule has 112 valence electrons. The Kier molecular flexibility index (Phi) is 4.47. The number of aromatic nitrogens is 1. The van der Waals surface area contributed by atoms with E-state index in [0.717, 1.165) is 11.1 Å². The summed E-state index contributed by atoms with van der Waals surface area (Å²) in [6.45, 7) is 0.703. The van der Waals surface area contributed by atoms with Crippen LogP contribution in [0.2, 0.25) is 0 Å². The Labute approximate surface area is 130 Å². The fourth-order valence-corrected chi connectivity index (χ4v) is 2.85. The monoisotopic (exact) mass is 292 g/mol. The van der Waals surface area contributed by atoms with E-state index in [2.05, 4.69) is 40.6 Å². The Morgan fingerprint density at radius 3 is 2.55 bits per heavy atom. The van der Waals surface area contributed by atoms with Gasteiger partial charge in [0.2, 0.25) is 0 Å². The van der Waals surface area contributed by atoms with Gasteiger partial charge in [-0.25, -0.2) is 0 Å². The van der Waals surface area contributed by atoms with Gasteiger partial charge < -0.3 is 10.4 Å². The van der Waals surface area contributed by atoms with Crippen molar-refractivity contribution in [3.63, 3.8) is 0 Å². The predicted molar refractivity (Wildman–Crippen MR) is 89.8 cm³/mol. The van der Waals surface area contributed by atoms with E-state index in [4.69, 9.17) is 0 Å². The Morgan fingerprint density at radius 2 is 1.82 bits per heavy atom. The molecule has 3 rings (SSSR count). The zero-order chi connectivity index (χ0) is 15.4. The molecule has 0 saturated heterocycles. The van der Waals surface area contributed by atoms with E-state index in [1.807, 2.05) is 31.3 Å². The molecule has 3 heteroatoms. The van der Waals surface area contributed by atoms with Gasteiger partial charge in [0, 0.05) is 24.9 Å². The van der Waals surface area contributed by atoms with Crippen LogP contribution in [0.4, 0.5) is 0 Å². The number of likely N-dealkylation sites (N-methyl/N-ethyl adjacent to an activating group) is 1. The highest BCUT2D eigenvalue weighted by atomic mass is 16.3. The number of hydrogen-bond donors (Lipinski definition) is 2. The zero-order valence-corrected chi connectivity index (χ0v) is 12.6. The lowest BCUT2D eigenvalue weighted by Gasteiger charge is -2.23. The fraction of sp³-hybridized carbons (Fsp3) is 0.211. The summed E-state index contributed by atoms with van der Waals surface area (Å²) in [4.78, 5) is 4.11. The average Bonchev–Trinajstić information content (AvgIpc) is 2.59. The van der Waals surface area contributed by atoms with E-state index in [1.54, 1.807) is 12.4 Å². The van der Waals surface area contributed by atoms with Crippen molar-refractivity contribution in [3.05, 3.63) is 78.1 Å². The molecule has 22 heavy (non-hydrogen) atoms. The molecule has 3 nitrogen and oxygen atoms in total. The molecular weight excluding hydrogens is 272 g/mol. The van der Waals surface area contributed by atoms with Gasteiger partial charge >= 0.3 is 0 Å². The van der Waals surface area contributed by atoms with Crippen LogP contribution in [-0.2, 0) is 0 Å². The summed E-state index contributed by atoms with van der Waals surface area (Å²) in [6.07, 6.45) is 2.87. The van der Waals surface area contributed by atoms with Crippen molar-refractivity contribution in [2.45, 2.75) is 12.0 Å². The third kappa shape index (κ3) is 3.01. The second-order valence-corrected chi connectivity index (χ2v) is 5.50. The van der Waals surface area contributed by atoms with Crippen molar-refractivity contribution in [1.82, 2.24) is 10.3 Å². The molecule has 0 radical (unpaired) electrons. The second-order valence-electron chi connectivity index (χ2n) is 5.50. The maximum Gasteiger partial charge on any atom is 0.0885 e. The Morgan fingerprint density at radius 1 is 1.00 bits per heavy atom. The second kappa shape index (κ2) is 6.69. The number of nitrogens with one attached hydrogen (secondary N) is 1. The van der Waals surface area contributed by atoms with E-state index in [1.165, 1.54) is 10.8 Å². The smallest absolute Gasteiger partial charge is 0.0885 e. The molecular formula is C19H20N2O. The fourth-order valence-electron chi connectivity index (χ4n) is 2.85. The van der Waals surface area contributed by atoms with Crippen molar-refractivity contribution in [2.75, 3.05) is 13.6 Å². The van der Waals surface area contributed by atoms with E-state index in [0.29, 0.717) is 6.54 Å². The topological polar surface area (TPSA) is 45.1 Å². The average molecular weight is 292 g/mol. The van der Waals surface area contributed by atoms with Crippen molar-refractivity contribution >= 4 is 10.8 Å². The lowest BCUT2D eigenvalue weighted by molar-refractivity contribution is 0.144. The normalized spacial score (nSPS) is 13.9. The summed E-state index contributed by atoms with van der Waals surface area (Å²) in [6, 6.07) is 18.4. The number of hydrogen-bond acceptors (Lipinski definition) is 3. The molecule has 0 unspecified atom stereocenters. The molecule has 1 heterocycles. The first-order chi connectivity index (χ1) is 10.8. The SMILES string of the molecule is CNC[C@@H](c1ccc2ccccc2c1)[C@@H](O)c1cccnc1. The highest BCUT2D eigenvalue weighted by Gasteiger charge is 2.22. The highest BCUT2D eigenvalue weighted by molar-refractivity contribution is 5.83. The molecule has 0 bridgehead atoms. The van der Waals surface area contributed by atoms with Crippen LogP contribution in [0.15, 0.2) is 67.0 Å². The van der Waals surface area contributed by atoms with E-state index in [-0.39, 0.29) is 5.92 Å². The number of benzene rings is 2. The molecule has 0 saturated carbocycles. The summed E-state index contributed by atoms with van der Waals surface area (Å²) in [5.74, 6) is -0.0150. The quantitative estimate of drug-likeness (QED) is 0.758. The van der Waals surface area contributed by atoms with Gasteiger partial charge in [-0.3, -0.25) is 4.98 Å². The maximum absolute atomic E-state index is 10.8. The molecule has 0 amide bonds. The van der Waals surface area contributed by atoms with Gasteiger partial charge in [-0.2, -0.15) is 0 Å². The van der Waals surface area contributed by atoms with E-state index >= 15 is 0 Å². The maximum atomic E-state index is 10.8. The summed E-state index contributed by atoms with van der Waals surface area (Å²) >= 11 is 0. The molecule has 0 aliphatic carbocycles. The van der Waals surface area contributed by atoms with Gasteiger partial charge in [0.1, 0.15) is 0 Å². The first-order valence-electron chi connectivity index (χ1n) is 7.51. The van der Waals surface area contributed by atoms with Crippen LogP contribution >= 0.6 is 0 Å². The van der Waals surface area contributed by atoms with Crippen molar-refractivity contribution < 1.29 is 5.11 Å². The summed E-state index contributed by atoms with van der Waals surface area (Å²) in [5, 5.41) is 16.3. The van der Waals surface area contributed by atoms with Gasteiger partial charge in [0.05, 0.1) is 6.10 Å². The van der Waals surface area contributed by atoms with E-state index < -0.39 is 6.10 Å². The van der Waals surface area contributed by atoms with Crippen LogP contribution in [-0.4, -0.2) is 23.7 Å². The lowest BCUT2D eigenvalue weighted by Crippen LogP contribution is -2.23. The van der Waals surface area contributed by atoms with Gasteiger partial charge in [0.15, 0.2) is 0 Å². The van der Waals surface area contributed by atoms with Gasteiger partial charge in [-0.1, -0.05) is 48.5 Å². The minimum absolute atomic E-state index is 0.0150. The van der Waals surface area contributed by atoms with Gasteiger partial charge in [-0.05, 0) is 35.0 Å². The van der Waals surface area contributed by atoms with Crippen LogP contribution < -0.4 is 5.32 Å². The van der Waals surface area contributed by atoms with Crippen molar-refractivity contribution in [3.8, 4) is 0 Å². The van der Waals surface area contributed by atoms with Gasteiger partial charge in [-0.15, -0.1) is 0 Å². The minimum atomic E-state index is -0.581. The summed E-state index contributed by atoms with van der Waals surface area (Å²) in [5.41, 5.74) is 1.97. The van der Waals surface area contributed by atoms with E-state index in [9.17, 15) is 5.11 Å². The third-order valence-electron chi connectivity index (χ3n) is 4.03. The number of rotatable bonds is 5. The zero-order valence-electron chi connectivity index (χ0n) is 12.6. The largest absolute Gasteiger partial charge is 0.388 e. The molecule has 2 aromatic carbocycles. The molecule has 2 atom stereocenters. The van der Waals surface area contributed by atoms with Crippen molar-refractivity contribution in [2.24, 2.45) is 0 Å². The predicted octanol–water partition coefficient (Wildman–Crippen LogP) is 3.27. The Balaban J connectivity index is 1.98. The number of pyridine rings is 1. The first kappa shape index (κ1) is 14.7. The summed E-state index contributed by atoms with van der Waals surface area (Å²) in [7, 11) is 1.91. The Hall–Kier alpha value is -2.23. The standard InChI is InChI=1S/C19H20N2O/c1-20-13-18(19(22)17-7-4-10-21-12-17)16-9-8-14-5-2-3-6-15(14)11-16/h2-12,18-20,22H,13H2,1H3/t18-,19-/m0/s1. The van der Waals surface area contributed by atoms with Crippen LogP contribution in [0, 0.1) is 0 Å². The molecule has 0 aliphatic rings. The number of fused-ring (bicyclic) bond motifs is 1. The molecule has 0 spiro atoms. The lowest BCUT2D eigenvalue weighted by atomic mass is 9.88. The molecule has 0 fully saturated rings. The van der Waals surface area contributed by atoms with Crippen LogP contribution in [0.25, 0.3) is 10.8 Å². The number of aliphatic hydroxyl groups excluding tert-OH is 1. The van der Waals surface area contributed by atoms with Crippen molar-refractivity contribution in [1.29, 1.82) is 0 Å². The van der Waals surface area contributed by atoms with Crippen LogP contribution in [0.3, 0.4) is 0 Å². The summed E-state index contributed by atoms with van der Waals surface area (Å²) < 4.78 is 0. The third-order valence-corrected chi connectivity index (χ3v) is 4.03. The number of nitrogens with zero attached hydrogens (tertiary/aromatic N) is 1. The van der Waals surface area contributed by atoms with Crippen LogP contribution in [0.5, 0.6) is 0 Å². The molecule has 1 aromatic heterocycles.